The fourth-order valence-corrected chi connectivity index (χ4v) is 3.28. The van der Waals surface area contributed by atoms with Crippen molar-refractivity contribution in [3.63, 3.8) is 0 Å². The summed E-state index contributed by atoms with van der Waals surface area (Å²) in [7, 11) is 0.0590. The van der Waals surface area contributed by atoms with Crippen LogP contribution in [0.3, 0.4) is 0 Å². The van der Waals surface area contributed by atoms with Gasteiger partial charge in [0, 0.05) is 6.42 Å². The fraction of sp³-hybridized carbons (Fsp3) is 0.278. The van der Waals surface area contributed by atoms with Crippen molar-refractivity contribution in [1.82, 2.24) is 0 Å². The predicted octanol–water partition coefficient (Wildman–Crippen LogP) is 2.50. The van der Waals surface area contributed by atoms with Gasteiger partial charge in [0.1, 0.15) is 10.6 Å². The zero-order valence-electron chi connectivity index (χ0n) is 15.1. The first-order valence-electron chi connectivity index (χ1n) is 7.86. The van der Waals surface area contributed by atoms with Crippen molar-refractivity contribution in [3.05, 3.63) is 42.0 Å². The molecule has 0 saturated carbocycles. The lowest BCUT2D eigenvalue weighted by Gasteiger charge is -2.15. The van der Waals surface area contributed by atoms with Gasteiger partial charge in [-0.1, -0.05) is 0 Å². The third-order valence-corrected chi connectivity index (χ3v) is 4.93. The van der Waals surface area contributed by atoms with Gasteiger partial charge >= 0.3 is 16.1 Å². The molecule has 0 aliphatic carbocycles. The molecule has 9 heteroatoms. The summed E-state index contributed by atoms with van der Waals surface area (Å²) in [6.45, 7) is 0. The first-order chi connectivity index (χ1) is 12.8. The summed E-state index contributed by atoms with van der Waals surface area (Å²) in [4.78, 5) is 10.7. The topological polar surface area (TPSA) is 108 Å². The van der Waals surface area contributed by atoms with E-state index in [1.807, 2.05) is 0 Å². The molecule has 0 saturated heterocycles. The lowest BCUT2D eigenvalue weighted by Crippen LogP contribution is -2.11. The number of methoxy groups -OCH3 is 3. The lowest BCUT2D eigenvalue weighted by molar-refractivity contribution is -0.136. The number of aliphatic carboxylic acids is 1. The van der Waals surface area contributed by atoms with Crippen LogP contribution in [-0.2, 0) is 21.3 Å². The summed E-state index contributed by atoms with van der Waals surface area (Å²) in [6.07, 6.45) is 0.0504. The monoisotopic (exact) mass is 396 g/mol. The van der Waals surface area contributed by atoms with E-state index < -0.39 is 16.1 Å². The van der Waals surface area contributed by atoms with Gasteiger partial charge in [0.15, 0.2) is 11.5 Å². The highest BCUT2D eigenvalue weighted by Crippen LogP contribution is 2.40. The van der Waals surface area contributed by atoms with Crippen LogP contribution >= 0.6 is 0 Å². The third kappa shape index (κ3) is 5.04. The Hall–Kier alpha value is -2.94. The Morgan fingerprint density at radius 1 is 0.963 bits per heavy atom. The van der Waals surface area contributed by atoms with E-state index in [4.69, 9.17) is 23.5 Å². The van der Waals surface area contributed by atoms with Crippen LogP contribution in [0.4, 0.5) is 0 Å². The maximum absolute atomic E-state index is 12.6. The smallest absolute Gasteiger partial charge is 0.339 e. The lowest BCUT2D eigenvalue weighted by atomic mass is 10.1. The van der Waals surface area contributed by atoms with Crippen molar-refractivity contribution in [3.8, 4) is 23.0 Å². The van der Waals surface area contributed by atoms with Crippen LogP contribution in [0.1, 0.15) is 12.0 Å². The van der Waals surface area contributed by atoms with Crippen molar-refractivity contribution in [2.45, 2.75) is 17.7 Å². The SMILES string of the molecule is COc1ccc(S(=O)(=O)Oc2cc(CCC(=O)O)cc(OC)c2OC)cc1. The molecular formula is C18H20O8S. The number of carboxylic acid groups (broad SMARTS) is 1. The summed E-state index contributed by atoms with van der Waals surface area (Å²) >= 11 is 0. The van der Waals surface area contributed by atoms with Crippen molar-refractivity contribution in [1.29, 1.82) is 0 Å². The number of carboxylic acids is 1. The molecule has 0 aliphatic heterocycles. The highest BCUT2D eigenvalue weighted by molar-refractivity contribution is 7.87. The molecule has 0 amide bonds. The molecule has 1 N–H and O–H groups in total. The molecule has 0 spiro atoms. The van der Waals surface area contributed by atoms with E-state index in [0.29, 0.717) is 11.3 Å². The van der Waals surface area contributed by atoms with Crippen LogP contribution in [0.25, 0.3) is 0 Å². The Kier molecular flexibility index (Phi) is 6.51. The van der Waals surface area contributed by atoms with Gasteiger partial charge in [-0.05, 0) is 48.4 Å². The summed E-state index contributed by atoms with van der Waals surface area (Å²) in [5.41, 5.74) is 0.537. The first-order valence-corrected chi connectivity index (χ1v) is 9.26. The van der Waals surface area contributed by atoms with E-state index in [1.165, 1.54) is 51.7 Å². The highest BCUT2D eigenvalue weighted by atomic mass is 32.2. The Morgan fingerprint density at radius 3 is 2.11 bits per heavy atom. The average molecular weight is 396 g/mol. The van der Waals surface area contributed by atoms with Gasteiger partial charge in [0.05, 0.1) is 21.3 Å². The van der Waals surface area contributed by atoms with Gasteiger partial charge < -0.3 is 23.5 Å². The van der Waals surface area contributed by atoms with E-state index in [9.17, 15) is 13.2 Å². The number of ether oxygens (including phenoxy) is 3. The molecule has 2 aromatic carbocycles. The summed E-state index contributed by atoms with van der Waals surface area (Å²) in [5, 5.41) is 8.86. The molecule has 0 fully saturated rings. The average Bonchev–Trinajstić information content (AvgIpc) is 2.65. The minimum atomic E-state index is -4.15. The second kappa shape index (κ2) is 8.63. The minimum absolute atomic E-state index is 0.0692. The number of benzene rings is 2. The Labute approximate surface area is 157 Å². The quantitative estimate of drug-likeness (QED) is 0.644. The maximum atomic E-state index is 12.6. The minimum Gasteiger partial charge on any atom is -0.497 e. The van der Waals surface area contributed by atoms with Crippen molar-refractivity contribution in [2.75, 3.05) is 21.3 Å². The molecule has 0 aliphatic rings. The highest BCUT2D eigenvalue weighted by Gasteiger charge is 2.22. The standard InChI is InChI=1S/C18H20O8S/c1-23-13-5-7-14(8-6-13)27(21,22)26-16-11-12(4-9-17(19)20)10-15(24-2)18(16)25-3/h5-8,10-11H,4,9H2,1-3H3,(H,19,20). The molecule has 0 heterocycles. The second-order valence-electron chi connectivity index (χ2n) is 5.44. The van der Waals surface area contributed by atoms with Crippen LogP contribution in [0.5, 0.6) is 23.0 Å². The fourth-order valence-electron chi connectivity index (χ4n) is 2.35. The zero-order valence-corrected chi connectivity index (χ0v) is 15.9. The summed E-state index contributed by atoms with van der Waals surface area (Å²) in [6, 6.07) is 8.70. The van der Waals surface area contributed by atoms with Gasteiger partial charge in [-0.15, -0.1) is 0 Å². The number of hydrogen-bond donors (Lipinski definition) is 1. The van der Waals surface area contributed by atoms with E-state index in [2.05, 4.69) is 0 Å². The van der Waals surface area contributed by atoms with Crippen molar-refractivity contribution >= 4 is 16.1 Å². The summed E-state index contributed by atoms with van der Waals surface area (Å²) < 4.78 is 45.9. The van der Waals surface area contributed by atoms with Gasteiger partial charge in [0.25, 0.3) is 0 Å². The van der Waals surface area contributed by atoms with Crippen LogP contribution in [0, 0.1) is 0 Å². The van der Waals surface area contributed by atoms with Crippen molar-refractivity contribution in [2.24, 2.45) is 0 Å². The molecule has 0 bridgehead atoms. The third-order valence-electron chi connectivity index (χ3n) is 3.68. The largest absolute Gasteiger partial charge is 0.497 e. The molecule has 2 aromatic rings. The molecule has 0 unspecified atom stereocenters. The van der Waals surface area contributed by atoms with Crippen LogP contribution in [0.2, 0.25) is 0 Å². The normalized spacial score (nSPS) is 10.9. The van der Waals surface area contributed by atoms with Gasteiger partial charge in [-0.3, -0.25) is 4.79 Å². The van der Waals surface area contributed by atoms with Crippen LogP contribution in [0.15, 0.2) is 41.3 Å². The predicted molar refractivity (Wildman–Crippen MR) is 96.3 cm³/mol. The molecule has 146 valence electrons. The molecule has 8 nitrogen and oxygen atoms in total. The second-order valence-corrected chi connectivity index (χ2v) is 6.98. The van der Waals surface area contributed by atoms with Crippen LogP contribution in [-0.4, -0.2) is 40.8 Å². The number of hydrogen-bond acceptors (Lipinski definition) is 7. The van der Waals surface area contributed by atoms with Gasteiger partial charge in [-0.25, -0.2) is 0 Å². The maximum Gasteiger partial charge on any atom is 0.339 e. The number of carbonyl (C=O) groups is 1. The van der Waals surface area contributed by atoms with E-state index in [0.717, 1.165) is 0 Å². The van der Waals surface area contributed by atoms with Gasteiger partial charge in [0.2, 0.25) is 5.75 Å². The van der Waals surface area contributed by atoms with Gasteiger partial charge in [-0.2, -0.15) is 8.42 Å². The molecule has 2 rings (SSSR count). The van der Waals surface area contributed by atoms with E-state index in [-0.39, 0.29) is 35.0 Å². The van der Waals surface area contributed by atoms with E-state index in [1.54, 1.807) is 6.07 Å². The Bertz CT molecular complexity index is 904. The molecule has 0 atom stereocenters. The Morgan fingerprint density at radius 2 is 1.59 bits per heavy atom. The molecular weight excluding hydrogens is 376 g/mol. The summed E-state index contributed by atoms with van der Waals surface area (Å²) in [5.74, 6) is -0.232. The first kappa shape index (κ1) is 20.4. The molecule has 27 heavy (non-hydrogen) atoms. The Balaban J connectivity index is 2.41. The molecule has 0 radical (unpaired) electrons. The van der Waals surface area contributed by atoms with Crippen LogP contribution < -0.4 is 18.4 Å². The number of rotatable bonds is 9. The van der Waals surface area contributed by atoms with Crippen molar-refractivity contribution < 1.29 is 36.7 Å². The van der Waals surface area contributed by atoms with E-state index >= 15 is 0 Å². The number of aryl methyl sites for hydroxylation is 1. The zero-order chi connectivity index (χ0) is 20.0. The molecule has 0 aromatic heterocycles.